The minimum Gasteiger partial charge on any atom is -0.330 e. The van der Waals surface area contributed by atoms with Gasteiger partial charge in [0.05, 0.1) is 0 Å². The van der Waals surface area contributed by atoms with E-state index in [4.69, 9.17) is 5.73 Å². The van der Waals surface area contributed by atoms with Gasteiger partial charge >= 0.3 is 0 Å². The van der Waals surface area contributed by atoms with Crippen LogP contribution in [0, 0.1) is 0 Å². The highest BCUT2D eigenvalue weighted by Gasteiger charge is 1.81. The highest BCUT2D eigenvalue weighted by molar-refractivity contribution is 9.09. The predicted molar refractivity (Wildman–Crippen MR) is 36.7 cm³/mol. The Hall–Kier alpha value is 0.440. The quantitative estimate of drug-likeness (QED) is 0.497. The summed E-state index contributed by atoms with van der Waals surface area (Å²) in [5.74, 6) is 0. The molecule has 0 rings (SSSR count). The zero-order valence-corrected chi connectivity index (χ0v) is 6.08. The van der Waals surface area contributed by atoms with Gasteiger partial charge in [-0.15, -0.1) is 0 Å². The second kappa shape index (κ2) is 6.44. The molecule has 0 heterocycles. The van der Waals surface area contributed by atoms with Gasteiger partial charge in [-0.1, -0.05) is 22.4 Å². The summed E-state index contributed by atoms with van der Waals surface area (Å²) in [4.78, 5) is 0. The van der Waals surface area contributed by atoms with Crippen LogP contribution in [0.3, 0.4) is 0 Å². The topological polar surface area (TPSA) is 26.0 Å². The number of hydrogen-bond donors (Lipinski definition) is 1. The van der Waals surface area contributed by atoms with E-state index in [-0.39, 0.29) is 0 Å². The summed E-state index contributed by atoms with van der Waals surface area (Å²) < 4.78 is 0. The molecular weight excluding hydrogens is 154 g/mol. The van der Waals surface area contributed by atoms with Gasteiger partial charge in [-0.2, -0.15) is 0 Å². The second-order valence-electron chi connectivity index (χ2n) is 1.54. The molecule has 0 aliphatic rings. The van der Waals surface area contributed by atoms with Gasteiger partial charge in [0.2, 0.25) is 0 Å². The second-order valence-corrected chi connectivity index (χ2v) is 2.33. The Morgan fingerprint density at radius 2 is 1.86 bits per heavy atom. The first-order valence-corrected chi connectivity index (χ1v) is 3.80. The van der Waals surface area contributed by atoms with E-state index < -0.39 is 0 Å². The predicted octanol–water partition coefficient (Wildman–Crippen LogP) is 1.51. The lowest BCUT2D eigenvalue weighted by Crippen LogP contribution is -1.97. The maximum Gasteiger partial charge on any atom is 0.00313 e. The summed E-state index contributed by atoms with van der Waals surface area (Å²) in [6, 6.07) is 0. The Balaban J connectivity index is 2.45. The fourth-order valence-corrected chi connectivity index (χ4v) is 0.812. The molecule has 1 nitrogen and oxygen atoms in total. The van der Waals surface area contributed by atoms with E-state index >= 15 is 0 Å². The summed E-state index contributed by atoms with van der Waals surface area (Å²) in [6.07, 6.45) is 3.70. The molecule has 0 aromatic rings. The molecule has 44 valence electrons. The Kier molecular flexibility index (Phi) is 6.84. The number of nitrogens with two attached hydrogens (primary N) is 1. The average Bonchev–Trinajstić information content (AvgIpc) is 1.69. The Morgan fingerprint density at radius 1 is 1.14 bits per heavy atom. The number of unbranched alkanes of at least 4 members (excludes halogenated alkanes) is 2. The van der Waals surface area contributed by atoms with Crippen LogP contribution >= 0.6 is 15.9 Å². The van der Waals surface area contributed by atoms with Crippen LogP contribution in [0.2, 0.25) is 0 Å². The van der Waals surface area contributed by atoms with Crippen molar-refractivity contribution >= 4 is 15.9 Å². The molecule has 0 atom stereocenters. The molecule has 2 N–H and O–H groups in total. The van der Waals surface area contributed by atoms with Crippen molar-refractivity contribution in [3.8, 4) is 0 Å². The van der Waals surface area contributed by atoms with Gasteiger partial charge in [0.15, 0.2) is 0 Å². The maximum absolute atomic E-state index is 5.25. The summed E-state index contributed by atoms with van der Waals surface area (Å²) in [6.45, 7) is 0.840. The van der Waals surface area contributed by atoms with Gasteiger partial charge in [-0.3, -0.25) is 0 Å². The molecular formula is C5H12BrN. The van der Waals surface area contributed by atoms with Gasteiger partial charge in [-0.05, 0) is 19.4 Å². The normalized spacial score (nSPS) is 9.43. The molecule has 0 spiro atoms. The summed E-state index contributed by atoms with van der Waals surface area (Å²) in [7, 11) is 0. The van der Waals surface area contributed by atoms with E-state index in [1.165, 1.54) is 19.3 Å². The highest BCUT2D eigenvalue weighted by atomic mass is 79.9. The van der Waals surface area contributed by atoms with Crippen molar-refractivity contribution in [2.75, 3.05) is 11.9 Å². The molecule has 0 amide bonds. The van der Waals surface area contributed by atoms with Gasteiger partial charge in [0.1, 0.15) is 0 Å². The zero-order valence-electron chi connectivity index (χ0n) is 4.49. The highest BCUT2D eigenvalue weighted by Crippen LogP contribution is 1.95. The minimum absolute atomic E-state index is 0.840. The van der Waals surface area contributed by atoms with Crippen molar-refractivity contribution in [1.82, 2.24) is 0 Å². The van der Waals surface area contributed by atoms with Crippen LogP contribution in [-0.4, -0.2) is 11.9 Å². The van der Waals surface area contributed by atoms with Crippen molar-refractivity contribution in [2.24, 2.45) is 5.73 Å². The summed E-state index contributed by atoms with van der Waals surface area (Å²) in [5, 5.41) is 1.12. The smallest absolute Gasteiger partial charge is 0.00313 e. The largest absolute Gasteiger partial charge is 0.330 e. The van der Waals surface area contributed by atoms with Gasteiger partial charge in [0.25, 0.3) is 0 Å². The van der Waals surface area contributed by atoms with Crippen molar-refractivity contribution in [3.05, 3.63) is 0 Å². The van der Waals surface area contributed by atoms with Crippen LogP contribution < -0.4 is 5.73 Å². The van der Waals surface area contributed by atoms with Crippen LogP contribution in [0.1, 0.15) is 19.3 Å². The molecule has 0 fully saturated rings. The third kappa shape index (κ3) is 6.44. The number of rotatable bonds is 4. The molecule has 0 aliphatic heterocycles. The first-order valence-electron chi connectivity index (χ1n) is 2.68. The zero-order chi connectivity index (χ0) is 5.54. The molecule has 2 heteroatoms. The first-order chi connectivity index (χ1) is 3.41. The number of alkyl halides is 1. The van der Waals surface area contributed by atoms with Gasteiger partial charge in [-0.25, -0.2) is 0 Å². The maximum atomic E-state index is 5.25. The Bertz CT molecular complexity index is 27.3. The van der Waals surface area contributed by atoms with Crippen LogP contribution in [0.15, 0.2) is 0 Å². The fraction of sp³-hybridized carbons (Fsp3) is 1.00. The van der Waals surface area contributed by atoms with Crippen LogP contribution in [-0.2, 0) is 0 Å². The van der Waals surface area contributed by atoms with Gasteiger partial charge in [0, 0.05) is 5.33 Å². The SMILES string of the molecule is NCCCCCBr. The third-order valence-electron chi connectivity index (χ3n) is 0.838. The summed E-state index contributed by atoms with van der Waals surface area (Å²) in [5.41, 5.74) is 5.25. The van der Waals surface area contributed by atoms with Crippen molar-refractivity contribution < 1.29 is 0 Å². The molecule has 0 aliphatic carbocycles. The van der Waals surface area contributed by atoms with E-state index in [1.807, 2.05) is 0 Å². The monoisotopic (exact) mass is 165 g/mol. The van der Waals surface area contributed by atoms with E-state index in [9.17, 15) is 0 Å². The lowest BCUT2D eigenvalue weighted by Gasteiger charge is -1.90. The Morgan fingerprint density at radius 3 is 2.29 bits per heavy atom. The van der Waals surface area contributed by atoms with Crippen molar-refractivity contribution in [2.45, 2.75) is 19.3 Å². The first kappa shape index (κ1) is 7.44. The average molecular weight is 166 g/mol. The third-order valence-corrected chi connectivity index (χ3v) is 1.40. The molecule has 0 saturated heterocycles. The molecule has 0 saturated carbocycles. The van der Waals surface area contributed by atoms with Crippen molar-refractivity contribution in [1.29, 1.82) is 0 Å². The van der Waals surface area contributed by atoms with E-state index in [2.05, 4.69) is 15.9 Å². The minimum atomic E-state index is 0.840. The van der Waals surface area contributed by atoms with Crippen LogP contribution in [0.25, 0.3) is 0 Å². The standard InChI is InChI=1S/C5H12BrN/c6-4-2-1-3-5-7/h1-5,7H2. The molecule has 0 bridgehead atoms. The lowest BCUT2D eigenvalue weighted by atomic mass is 10.3. The van der Waals surface area contributed by atoms with Crippen LogP contribution in [0.5, 0.6) is 0 Å². The number of halogens is 1. The lowest BCUT2D eigenvalue weighted by molar-refractivity contribution is 0.734. The summed E-state index contributed by atoms with van der Waals surface area (Å²) >= 11 is 3.34. The van der Waals surface area contributed by atoms with E-state index in [1.54, 1.807) is 0 Å². The van der Waals surface area contributed by atoms with Crippen molar-refractivity contribution in [3.63, 3.8) is 0 Å². The molecule has 0 aromatic heterocycles. The van der Waals surface area contributed by atoms with Crippen LogP contribution in [0.4, 0.5) is 0 Å². The molecule has 7 heavy (non-hydrogen) atoms. The van der Waals surface area contributed by atoms with E-state index in [0.29, 0.717) is 0 Å². The Labute approximate surface area is 53.4 Å². The molecule has 0 aromatic carbocycles. The molecule has 0 unspecified atom stereocenters. The number of hydrogen-bond acceptors (Lipinski definition) is 1. The molecule has 0 radical (unpaired) electrons. The van der Waals surface area contributed by atoms with E-state index in [0.717, 1.165) is 11.9 Å². The fourth-order valence-electron chi connectivity index (χ4n) is 0.416. The van der Waals surface area contributed by atoms with Gasteiger partial charge < -0.3 is 5.73 Å².